The molecule has 1 saturated heterocycles. The van der Waals surface area contributed by atoms with Crippen molar-refractivity contribution in [1.29, 1.82) is 0 Å². The minimum Gasteiger partial charge on any atom is -0.343 e. The second kappa shape index (κ2) is 6.58. The molecule has 0 spiro atoms. The van der Waals surface area contributed by atoms with E-state index in [2.05, 4.69) is 42.6 Å². The third-order valence-corrected chi connectivity index (χ3v) is 5.42. The third kappa shape index (κ3) is 3.44. The molecule has 1 unspecified atom stereocenters. The highest BCUT2D eigenvalue weighted by molar-refractivity contribution is 7.19. The molecule has 1 N–H and O–H groups in total. The highest BCUT2D eigenvalue weighted by atomic mass is 32.1. The molecule has 4 heteroatoms. The van der Waals surface area contributed by atoms with E-state index in [-0.39, 0.29) is 0 Å². The first-order chi connectivity index (χ1) is 10.2. The highest BCUT2D eigenvalue weighted by Gasteiger charge is 2.17. The van der Waals surface area contributed by atoms with Crippen LogP contribution in [0, 0.1) is 0 Å². The lowest BCUT2D eigenvalue weighted by Gasteiger charge is -2.16. The van der Waals surface area contributed by atoms with Crippen LogP contribution in [0.2, 0.25) is 0 Å². The Kier molecular flexibility index (Phi) is 4.56. The SMILES string of the molecule is CC(NCCC(=O)N1CCCC1)c1cc2ccccc2s1. The summed E-state index contributed by atoms with van der Waals surface area (Å²) in [6.45, 7) is 4.82. The van der Waals surface area contributed by atoms with E-state index in [0.717, 1.165) is 32.5 Å². The molecule has 112 valence electrons. The largest absolute Gasteiger partial charge is 0.343 e. The molecule has 1 atom stereocenters. The predicted octanol–water partition coefficient (Wildman–Crippen LogP) is 3.56. The van der Waals surface area contributed by atoms with Crippen LogP contribution in [0.25, 0.3) is 10.1 Å². The molecule has 1 fully saturated rings. The zero-order valence-corrected chi connectivity index (χ0v) is 13.3. The average Bonchev–Trinajstić information content (AvgIpc) is 3.16. The van der Waals surface area contributed by atoms with Crippen molar-refractivity contribution in [3.05, 3.63) is 35.2 Å². The number of carbonyl (C=O) groups is 1. The van der Waals surface area contributed by atoms with Gasteiger partial charge in [-0.1, -0.05) is 18.2 Å². The molecular formula is C17H22N2OS. The van der Waals surface area contributed by atoms with Gasteiger partial charge in [-0.05, 0) is 37.3 Å². The van der Waals surface area contributed by atoms with Crippen LogP contribution in [0.4, 0.5) is 0 Å². The van der Waals surface area contributed by atoms with Crippen molar-refractivity contribution in [3.63, 3.8) is 0 Å². The quantitative estimate of drug-likeness (QED) is 0.916. The van der Waals surface area contributed by atoms with Gasteiger partial charge in [-0.2, -0.15) is 0 Å². The molecule has 1 aliphatic heterocycles. The van der Waals surface area contributed by atoms with Gasteiger partial charge in [0.2, 0.25) is 5.91 Å². The van der Waals surface area contributed by atoms with Crippen LogP contribution >= 0.6 is 11.3 Å². The molecule has 0 radical (unpaired) electrons. The normalized spacial score (nSPS) is 16.5. The van der Waals surface area contributed by atoms with Gasteiger partial charge in [0.25, 0.3) is 0 Å². The van der Waals surface area contributed by atoms with Gasteiger partial charge in [-0.25, -0.2) is 0 Å². The van der Waals surface area contributed by atoms with Gasteiger partial charge in [0.15, 0.2) is 0 Å². The van der Waals surface area contributed by atoms with Crippen molar-refractivity contribution in [2.24, 2.45) is 0 Å². The molecule has 0 saturated carbocycles. The van der Waals surface area contributed by atoms with Crippen molar-refractivity contribution in [1.82, 2.24) is 10.2 Å². The van der Waals surface area contributed by atoms with E-state index in [1.807, 2.05) is 16.2 Å². The number of nitrogens with one attached hydrogen (secondary N) is 1. The molecule has 0 aliphatic carbocycles. The molecule has 3 rings (SSSR count). The van der Waals surface area contributed by atoms with Crippen LogP contribution in [0.5, 0.6) is 0 Å². The van der Waals surface area contributed by atoms with Gasteiger partial charge in [-0.3, -0.25) is 4.79 Å². The monoisotopic (exact) mass is 302 g/mol. The van der Waals surface area contributed by atoms with Crippen LogP contribution in [0.15, 0.2) is 30.3 Å². The van der Waals surface area contributed by atoms with Gasteiger partial charge in [0, 0.05) is 41.7 Å². The number of carbonyl (C=O) groups excluding carboxylic acids is 1. The maximum atomic E-state index is 12.0. The fourth-order valence-corrected chi connectivity index (χ4v) is 3.93. The molecule has 1 aromatic heterocycles. The maximum absolute atomic E-state index is 12.0. The fourth-order valence-electron chi connectivity index (χ4n) is 2.84. The van der Waals surface area contributed by atoms with Gasteiger partial charge >= 0.3 is 0 Å². The number of nitrogens with zero attached hydrogens (tertiary/aromatic N) is 1. The number of likely N-dealkylation sites (tertiary alicyclic amines) is 1. The second-order valence-corrected chi connectivity index (χ2v) is 6.82. The van der Waals surface area contributed by atoms with Crippen molar-refractivity contribution in [2.45, 2.75) is 32.2 Å². The lowest BCUT2D eigenvalue weighted by atomic mass is 10.2. The van der Waals surface area contributed by atoms with Crippen LogP contribution in [0.3, 0.4) is 0 Å². The summed E-state index contributed by atoms with van der Waals surface area (Å²) in [4.78, 5) is 15.3. The maximum Gasteiger partial charge on any atom is 0.223 e. The van der Waals surface area contributed by atoms with E-state index in [1.54, 1.807) is 0 Å². The summed E-state index contributed by atoms with van der Waals surface area (Å²) in [5, 5.41) is 4.78. The zero-order chi connectivity index (χ0) is 14.7. The standard InChI is InChI=1S/C17H22N2OS/c1-13(16-12-14-6-2-3-7-15(14)21-16)18-9-8-17(20)19-10-4-5-11-19/h2-3,6-7,12-13,18H,4-5,8-11H2,1H3. The molecular weight excluding hydrogens is 280 g/mol. The lowest BCUT2D eigenvalue weighted by molar-refractivity contribution is -0.130. The number of hydrogen-bond acceptors (Lipinski definition) is 3. The number of fused-ring (bicyclic) bond motifs is 1. The fraction of sp³-hybridized carbons (Fsp3) is 0.471. The van der Waals surface area contributed by atoms with E-state index < -0.39 is 0 Å². The Hall–Kier alpha value is -1.39. The lowest BCUT2D eigenvalue weighted by Crippen LogP contribution is -2.31. The van der Waals surface area contributed by atoms with Crippen LogP contribution in [-0.2, 0) is 4.79 Å². The number of thiophene rings is 1. The van der Waals surface area contributed by atoms with E-state index >= 15 is 0 Å². The molecule has 21 heavy (non-hydrogen) atoms. The molecule has 2 aromatic rings. The Morgan fingerprint density at radius 3 is 2.86 bits per heavy atom. The van der Waals surface area contributed by atoms with Crippen molar-refractivity contribution < 1.29 is 4.79 Å². The zero-order valence-electron chi connectivity index (χ0n) is 12.5. The summed E-state index contributed by atoms with van der Waals surface area (Å²) in [6, 6.07) is 11.0. The molecule has 1 aromatic carbocycles. The van der Waals surface area contributed by atoms with Crippen molar-refractivity contribution in [3.8, 4) is 0 Å². The Bertz CT molecular complexity index is 583. The van der Waals surface area contributed by atoms with Crippen LogP contribution in [-0.4, -0.2) is 30.4 Å². The van der Waals surface area contributed by atoms with Gasteiger partial charge < -0.3 is 10.2 Å². The van der Waals surface area contributed by atoms with Gasteiger partial charge in [-0.15, -0.1) is 11.3 Å². The van der Waals surface area contributed by atoms with E-state index in [1.165, 1.54) is 15.0 Å². The van der Waals surface area contributed by atoms with Crippen LogP contribution < -0.4 is 5.32 Å². The summed E-state index contributed by atoms with van der Waals surface area (Å²) in [5.74, 6) is 0.295. The molecule has 1 amide bonds. The Morgan fingerprint density at radius 1 is 1.33 bits per heavy atom. The van der Waals surface area contributed by atoms with Gasteiger partial charge in [0.1, 0.15) is 0 Å². The summed E-state index contributed by atoms with van der Waals surface area (Å²) < 4.78 is 1.33. The third-order valence-electron chi connectivity index (χ3n) is 4.12. The molecule has 3 nitrogen and oxygen atoms in total. The minimum atomic E-state index is 0.295. The molecule has 1 aliphatic rings. The summed E-state index contributed by atoms with van der Waals surface area (Å²) in [7, 11) is 0. The summed E-state index contributed by atoms with van der Waals surface area (Å²) in [6.07, 6.45) is 2.93. The molecule has 2 heterocycles. The number of hydrogen-bond donors (Lipinski definition) is 1. The second-order valence-electron chi connectivity index (χ2n) is 5.70. The van der Waals surface area contributed by atoms with Crippen LogP contribution in [0.1, 0.15) is 37.1 Å². The van der Waals surface area contributed by atoms with E-state index in [4.69, 9.17) is 0 Å². The Morgan fingerprint density at radius 2 is 2.10 bits per heavy atom. The first kappa shape index (κ1) is 14.5. The first-order valence-corrected chi connectivity index (χ1v) is 8.55. The summed E-state index contributed by atoms with van der Waals surface area (Å²) in [5.41, 5.74) is 0. The van der Waals surface area contributed by atoms with Gasteiger partial charge in [0.05, 0.1) is 0 Å². The van der Waals surface area contributed by atoms with Crippen molar-refractivity contribution >= 4 is 27.3 Å². The first-order valence-electron chi connectivity index (χ1n) is 7.73. The average molecular weight is 302 g/mol. The number of amides is 1. The molecule has 0 bridgehead atoms. The number of rotatable bonds is 5. The Labute approximate surface area is 130 Å². The summed E-state index contributed by atoms with van der Waals surface area (Å²) >= 11 is 1.83. The topological polar surface area (TPSA) is 32.3 Å². The minimum absolute atomic E-state index is 0.295. The van der Waals surface area contributed by atoms with E-state index in [9.17, 15) is 4.79 Å². The van der Waals surface area contributed by atoms with E-state index in [0.29, 0.717) is 18.4 Å². The highest BCUT2D eigenvalue weighted by Crippen LogP contribution is 2.29. The van der Waals surface area contributed by atoms with Crippen molar-refractivity contribution in [2.75, 3.05) is 19.6 Å². The smallest absolute Gasteiger partial charge is 0.223 e. The Balaban J connectivity index is 1.51. The predicted molar refractivity (Wildman–Crippen MR) is 88.7 cm³/mol. The number of benzene rings is 1.